The molecule has 1 aromatic rings. The Morgan fingerprint density at radius 1 is 1.29 bits per heavy atom. The number of hydrogen-bond acceptors (Lipinski definition) is 2. The molecule has 0 unspecified atom stereocenters. The van der Waals surface area contributed by atoms with Crippen molar-refractivity contribution in [1.82, 2.24) is 5.32 Å². The van der Waals surface area contributed by atoms with Crippen LogP contribution < -0.4 is 5.32 Å². The summed E-state index contributed by atoms with van der Waals surface area (Å²) >= 11 is 3.15. The van der Waals surface area contributed by atoms with E-state index in [0.717, 1.165) is 31.5 Å². The van der Waals surface area contributed by atoms with Gasteiger partial charge in [-0.2, -0.15) is 0 Å². The van der Waals surface area contributed by atoms with Crippen molar-refractivity contribution in [1.29, 1.82) is 0 Å². The molecule has 1 aliphatic carbocycles. The van der Waals surface area contributed by atoms with Crippen molar-refractivity contribution in [2.75, 3.05) is 13.1 Å². The monoisotopic (exact) mass is 297 g/mol. The molecule has 0 atom stereocenters. The molecule has 1 fully saturated rings. The quantitative estimate of drug-likeness (QED) is 0.798. The van der Waals surface area contributed by atoms with Gasteiger partial charge in [-0.05, 0) is 59.9 Å². The van der Waals surface area contributed by atoms with Crippen molar-refractivity contribution in [3.8, 4) is 0 Å². The van der Waals surface area contributed by atoms with Gasteiger partial charge in [0.1, 0.15) is 5.82 Å². The number of piperidine rings is 1. The number of ketones is 1. The van der Waals surface area contributed by atoms with Gasteiger partial charge >= 0.3 is 0 Å². The third-order valence-corrected chi connectivity index (χ3v) is 4.59. The number of carbonyl (C=O) groups excluding carboxylic acids is 1. The van der Waals surface area contributed by atoms with Crippen LogP contribution in [0.3, 0.4) is 0 Å². The summed E-state index contributed by atoms with van der Waals surface area (Å²) in [5.41, 5.74) is 0.855. The second-order valence-electron chi connectivity index (χ2n) is 4.93. The zero-order valence-corrected chi connectivity index (χ0v) is 10.9. The maximum atomic E-state index is 14.0. The Labute approximate surface area is 108 Å². The summed E-state index contributed by atoms with van der Waals surface area (Å²) in [5.74, 6) is -0.379. The van der Waals surface area contributed by atoms with Gasteiger partial charge in [-0.1, -0.05) is 6.07 Å². The van der Waals surface area contributed by atoms with Crippen LogP contribution in [0.25, 0.3) is 0 Å². The molecule has 90 valence electrons. The molecule has 1 aromatic carbocycles. The van der Waals surface area contributed by atoms with E-state index in [1.54, 1.807) is 6.07 Å². The lowest BCUT2D eigenvalue weighted by Gasteiger charge is -2.31. The van der Waals surface area contributed by atoms with Gasteiger partial charge in [-0.15, -0.1) is 0 Å². The highest BCUT2D eigenvalue weighted by atomic mass is 79.9. The Bertz CT molecular complexity index is 494. The minimum Gasteiger partial charge on any atom is -0.317 e. The molecule has 2 nitrogen and oxygen atoms in total. The first-order valence-corrected chi connectivity index (χ1v) is 6.66. The Morgan fingerprint density at radius 3 is 2.71 bits per heavy atom. The predicted molar refractivity (Wildman–Crippen MR) is 66.7 cm³/mol. The first kappa shape index (κ1) is 11.4. The minimum absolute atomic E-state index is 0.00722. The largest absolute Gasteiger partial charge is 0.317 e. The van der Waals surface area contributed by atoms with Gasteiger partial charge in [0.15, 0.2) is 5.78 Å². The standard InChI is InChI=1S/C13H13BrFNO/c14-9-2-1-8-7-13(3-5-16-6-4-13)12(17)10(8)11(9)15/h1-2,16H,3-7H2. The number of benzene rings is 1. The Hall–Kier alpha value is -0.740. The average Bonchev–Trinajstić information content (AvgIpc) is 2.60. The van der Waals surface area contributed by atoms with E-state index in [1.165, 1.54) is 0 Å². The van der Waals surface area contributed by atoms with Crippen LogP contribution in [-0.2, 0) is 6.42 Å². The molecule has 2 aliphatic rings. The van der Waals surface area contributed by atoms with E-state index in [1.807, 2.05) is 6.07 Å². The van der Waals surface area contributed by atoms with Gasteiger partial charge in [0.2, 0.25) is 0 Å². The second-order valence-corrected chi connectivity index (χ2v) is 5.79. The number of carbonyl (C=O) groups is 1. The first-order chi connectivity index (χ1) is 8.14. The molecule has 0 radical (unpaired) electrons. The Kier molecular flexibility index (Phi) is 2.60. The Morgan fingerprint density at radius 2 is 2.00 bits per heavy atom. The molecule has 1 spiro atoms. The Balaban J connectivity index is 2.08. The number of rotatable bonds is 0. The zero-order chi connectivity index (χ0) is 12.0. The highest BCUT2D eigenvalue weighted by molar-refractivity contribution is 9.10. The van der Waals surface area contributed by atoms with Gasteiger partial charge in [0.25, 0.3) is 0 Å². The number of hydrogen-bond donors (Lipinski definition) is 1. The van der Waals surface area contributed by atoms with Crippen molar-refractivity contribution in [3.05, 3.63) is 33.5 Å². The van der Waals surface area contributed by atoms with Gasteiger partial charge in [-0.3, -0.25) is 4.79 Å². The van der Waals surface area contributed by atoms with Crippen LogP contribution in [0.5, 0.6) is 0 Å². The van der Waals surface area contributed by atoms with Gasteiger partial charge < -0.3 is 5.32 Å². The van der Waals surface area contributed by atoms with Crippen LogP contribution in [0.15, 0.2) is 16.6 Å². The van der Waals surface area contributed by atoms with Crippen molar-refractivity contribution in [2.45, 2.75) is 19.3 Å². The SMILES string of the molecule is O=C1c2c(ccc(Br)c2F)CC12CCNCC2. The lowest BCUT2D eigenvalue weighted by molar-refractivity contribution is 0.0758. The third kappa shape index (κ3) is 1.58. The summed E-state index contributed by atoms with van der Waals surface area (Å²) < 4.78 is 14.4. The maximum absolute atomic E-state index is 14.0. The van der Waals surface area contributed by atoms with E-state index in [2.05, 4.69) is 21.2 Å². The summed E-state index contributed by atoms with van der Waals surface area (Å²) in [7, 11) is 0. The molecule has 0 saturated carbocycles. The van der Waals surface area contributed by atoms with Gasteiger partial charge in [0.05, 0.1) is 10.0 Å². The second kappa shape index (κ2) is 3.89. The summed E-state index contributed by atoms with van der Waals surface area (Å²) in [6.45, 7) is 1.70. The van der Waals surface area contributed by atoms with Crippen LogP contribution >= 0.6 is 15.9 Å². The minimum atomic E-state index is -0.386. The van der Waals surface area contributed by atoms with Crippen LogP contribution in [0.2, 0.25) is 0 Å². The summed E-state index contributed by atoms with van der Waals surface area (Å²) in [6, 6.07) is 3.57. The van der Waals surface area contributed by atoms with Crippen LogP contribution in [0.4, 0.5) is 4.39 Å². The highest BCUT2D eigenvalue weighted by Crippen LogP contribution is 2.44. The first-order valence-electron chi connectivity index (χ1n) is 5.86. The third-order valence-electron chi connectivity index (χ3n) is 3.98. The molecule has 1 N–H and O–H groups in total. The molecular formula is C13H13BrFNO. The fraction of sp³-hybridized carbons (Fsp3) is 0.462. The fourth-order valence-electron chi connectivity index (χ4n) is 3.00. The van der Waals surface area contributed by atoms with Gasteiger partial charge in [-0.25, -0.2) is 4.39 Å². The molecule has 0 amide bonds. The normalized spacial score (nSPS) is 21.9. The molecule has 0 bridgehead atoms. The molecule has 17 heavy (non-hydrogen) atoms. The summed E-state index contributed by atoms with van der Waals surface area (Å²) in [6.07, 6.45) is 2.34. The molecule has 1 heterocycles. The highest BCUT2D eigenvalue weighted by Gasteiger charge is 2.47. The number of nitrogens with one attached hydrogen (secondary N) is 1. The van der Waals surface area contributed by atoms with Crippen molar-refractivity contribution in [2.24, 2.45) is 5.41 Å². The van der Waals surface area contributed by atoms with E-state index >= 15 is 0 Å². The topological polar surface area (TPSA) is 29.1 Å². The van der Waals surface area contributed by atoms with Crippen molar-refractivity contribution >= 4 is 21.7 Å². The molecule has 1 aliphatic heterocycles. The number of fused-ring (bicyclic) bond motifs is 1. The molecular weight excluding hydrogens is 285 g/mol. The van der Waals surface area contributed by atoms with E-state index in [4.69, 9.17) is 0 Å². The van der Waals surface area contributed by atoms with Crippen LogP contribution in [0, 0.1) is 11.2 Å². The van der Waals surface area contributed by atoms with E-state index in [0.29, 0.717) is 16.5 Å². The van der Waals surface area contributed by atoms with E-state index in [9.17, 15) is 9.18 Å². The van der Waals surface area contributed by atoms with Crippen molar-refractivity contribution in [3.63, 3.8) is 0 Å². The van der Waals surface area contributed by atoms with Crippen molar-refractivity contribution < 1.29 is 9.18 Å². The zero-order valence-electron chi connectivity index (χ0n) is 9.35. The van der Waals surface area contributed by atoms with Crippen LogP contribution in [0.1, 0.15) is 28.8 Å². The van der Waals surface area contributed by atoms with E-state index < -0.39 is 0 Å². The average molecular weight is 298 g/mol. The lowest BCUT2D eigenvalue weighted by atomic mass is 9.75. The predicted octanol–water partition coefficient (Wildman–Crippen LogP) is 2.70. The number of halogens is 2. The van der Waals surface area contributed by atoms with Crippen LogP contribution in [-0.4, -0.2) is 18.9 Å². The molecule has 4 heteroatoms. The molecule has 3 rings (SSSR count). The molecule has 1 saturated heterocycles. The number of Topliss-reactive ketones (excluding diaryl/α,β-unsaturated/α-hetero) is 1. The van der Waals surface area contributed by atoms with Gasteiger partial charge in [0, 0.05) is 5.41 Å². The van der Waals surface area contributed by atoms with E-state index in [-0.39, 0.29) is 17.0 Å². The smallest absolute Gasteiger partial charge is 0.172 e. The maximum Gasteiger partial charge on any atom is 0.172 e. The summed E-state index contributed by atoms with van der Waals surface area (Å²) in [4.78, 5) is 12.5. The fourth-order valence-corrected chi connectivity index (χ4v) is 3.33. The lowest BCUT2D eigenvalue weighted by Crippen LogP contribution is -2.40. The molecule has 0 aromatic heterocycles. The summed E-state index contributed by atoms with van der Waals surface area (Å²) in [5, 5.41) is 3.25.